The summed E-state index contributed by atoms with van der Waals surface area (Å²) >= 11 is 0. The molecule has 4 rings (SSSR count). The molecule has 3 N–H and O–H groups in total. The summed E-state index contributed by atoms with van der Waals surface area (Å²) in [6, 6.07) is 31.1. The molecule has 0 aliphatic carbocycles. The molecule has 4 aromatic rings. The summed E-state index contributed by atoms with van der Waals surface area (Å²) in [5.74, 6) is -0.0672. The Kier molecular flexibility index (Phi) is 12.0. The van der Waals surface area contributed by atoms with Gasteiger partial charge in [0.1, 0.15) is 0 Å². The number of hydrogen-bond acceptors (Lipinski definition) is 3. The third kappa shape index (κ3) is 9.82. The van der Waals surface area contributed by atoms with Crippen molar-refractivity contribution in [2.45, 2.75) is 72.6 Å². The Morgan fingerprint density at radius 2 is 1.43 bits per heavy atom. The molecule has 0 radical (unpaired) electrons. The summed E-state index contributed by atoms with van der Waals surface area (Å²) in [5.41, 5.74) is 3.46. The molecule has 1 unspecified atom stereocenters. The van der Waals surface area contributed by atoms with Crippen molar-refractivity contribution in [2.24, 2.45) is 5.41 Å². The van der Waals surface area contributed by atoms with E-state index in [9.17, 15) is 19.5 Å². The second-order valence-electron chi connectivity index (χ2n) is 13.3. The maximum absolute atomic E-state index is 13.8. The van der Waals surface area contributed by atoms with Crippen LogP contribution in [0.2, 0.25) is 0 Å². The van der Waals surface area contributed by atoms with Crippen molar-refractivity contribution in [1.29, 1.82) is 0 Å². The van der Waals surface area contributed by atoms with E-state index in [0.29, 0.717) is 19.6 Å². The lowest BCUT2D eigenvalue weighted by Gasteiger charge is -2.39. The molecule has 0 spiro atoms. The maximum Gasteiger partial charge on any atom is 0.408 e. The van der Waals surface area contributed by atoms with Crippen LogP contribution in [0.4, 0.5) is 9.59 Å². The molecule has 0 aliphatic rings. The minimum absolute atomic E-state index is 0.0672. The summed E-state index contributed by atoms with van der Waals surface area (Å²) in [6.07, 6.45) is 0.509. The van der Waals surface area contributed by atoms with E-state index in [0.717, 1.165) is 45.9 Å². The van der Waals surface area contributed by atoms with Crippen molar-refractivity contribution >= 4 is 28.8 Å². The van der Waals surface area contributed by atoms with Gasteiger partial charge in [-0.1, -0.05) is 118 Å². The fourth-order valence-corrected chi connectivity index (χ4v) is 6.15. The van der Waals surface area contributed by atoms with Crippen molar-refractivity contribution in [2.75, 3.05) is 13.1 Å². The van der Waals surface area contributed by atoms with Crippen LogP contribution in [0.25, 0.3) is 10.8 Å². The second kappa shape index (κ2) is 16.1. The number of rotatable bonds is 13. The van der Waals surface area contributed by atoms with E-state index >= 15 is 0 Å². The highest BCUT2D eigenvalue weighted by atomic mass is 16.4. The molecule has 248 valence electrons. The Balaban J connectivity index is 1.53. The maximum atomic E-state index is 13.8. The van der Waals surface area contributed by atoms with Gasteiger partial charge in [0.25, 0.3) is 0 Å². The molecule has 4 amide bonds. The van der Waals surface area contributed by atoms with Gasteiger partial charge >= 0.3 is 12.1 Å². The van der Waals surface area contributed by atoms with Gasteiger partial charge in [0, 0.05) is 33.1 Å². The average Bonchev–Trinajstić information content (AvgIpc) is 3.03. The summed E-state index contributed by atoms with van der Waals surface area (Å²) < 4.78 is 0. The zero-order valence-corrected chi connectivity index (χ0v) is 28.2. The largest absolute Gasteiger partial charge is 0.465 e. The third-order valence-corrected chi connectivity index (χ3v) is 8.39. The standard InChI is InChI=1S/C39H48N4O4/c1-28(34-19-13-17-32-16-9-10-18-35(32)34)41-37(45)42(25-12-11-24-40-29(2)44)26-31-20-22-33(23-21-31)36(39(3,4)5)43(38(46)47)27-30-14-7-6-8-15-30/h6-10,13-23,28,36H,11-12,24-27H2,1-5H3,(H,40,44)(H,41,45)(H,46,47)/t28?,36-/m1/s1. The van der Waals surface area contributed by atoms with Crippen LogP contribution in [0.5, 0.6) is 0 Å². The van der Waals surface area contributed by atoms with Gasteiger partial charge in [-0.25, -0.2) is 9.59 Å². The van der Waals surface area contributed by atoms with Crippen LogP contribution in [-0.4, -0.2) is 46.0 Å². The van der Waals surface area contributed by atoms with Crippen molar-refractivity contribution in [3.8, 4) is 0 Å². The highest BCUT2D eigenvalue weighted by Gasteiger charge is 2.35. The first-order chi connectivity index (χ1) is 22.4. The normalized spacial score (nSPS) is 12.6. The van der Waals surface area contributed by atoms with Crippen molar-refractivity contribution in [3.63, 3.8) is 0 Å². The first-order valence-corrected chi connectivity index (χ1v) is 16.3. The smallest absolute Gasteiger partial charge is 0.408 e. The number of carbonyl (C=O) groups is 3. The van der Waals surface area contributed by atoms with Gasteiger partial charge in [0.15, 0.2) is 0 Å². The van der Waals surface area contributed by atoms with Gasteiger partial charge in [-0.15, -0.1) is 0 Å². The Morgan fingerprint density at radius 3 is 2.09 bits per heavy atom. The summed E-state index contributed by atoms with van der Waals surface area (Å²) in [7, 11) is 0. The quantitative estimate of drug-likeness (QED) is 0.129. The fraction of sp³-hybridized carbons (Fsp3) is 0.359. The third-order valence-electron chi connectivity index (χ3n) is 8.39. The number of nitrogens with zero attached hydrogens (tertiary/aromatic N) is 2. The summed E-state index contributed by atoms with van der Waals surface area (Å²) in [4.78, 5) is 41.0. The molecule has 0 heterocycles. The van der Waals surface area contributed by atoms with Gasteiger partial charge in [-0.2, -0.15) is 0 Å². The number of unbranched alkanes of at least 4 members (excludes halogenated alkanes) is 1. The van der Waals surface area contributed by atoms with E-state index < -0.39 is 6.09 Å². The van der Waals surface area contributed by atoms with Crippen LogP contribution in [0, 0.1) is 5.41 Å². The van der Waals surface area contributed by atoms with Gasteiger partial charge in [0.05, 0.1) is 12.1 Å². The number of carboxylic acid groups (broad SMARTS) is 1. The second-order valence-corrected chi connectivity index (χ2v) is 13.3. The molecule has 0 saturated carbocycles. The number of nitrogens with one attached hydrogen (secondary N) is 2. The van der Waals surface area contributed by atoms with E-state index in [-0.39, 0.29) is 36.0 Å². The first kappa shape index (κ1) is 35.0. The molecule has 47 heavy (non-hydrogen) atoms. The predicted molar refractivity (Wildman–Crippen MR) is 188 cm³/mol. The lowest BCUT2D eigenvalue weighted by atomic mass is 9.81. The molecular formula is C39H48N4O4. The van der Waals surface area contributed by atoms with Gasteiger partial charge in [-0.05, 0) is 58.2 Å². The molecule has 8 heteroatoms. The minimum atomic E-state index is -0.972. The number of carbonyl (C=O) groups excluding carboxylic acids is 2. The Morgan fingerprint density at radius 1 is 0.787 bits per heavy atom. The van der Waals surface area contributed by atoms with E-state index in [1.807, 2.05) is 90.7 Å². The Labute approximate surface area is 278 Å². The van der Waals surface area contributed by atoms with E-state index in [2.05, 4.69) is 49.6 Å². The van der Waals surface area contributed by atoms with E-state index in [1.54, 1.807) is 0 Å². The number of fused-ring (bicyclic) bond motifs is 1. The van der Waals surface area contributed by atoms with Crippen LogP contribution in [-0.2, 0) is 17.9 Å². The predicted octanol–water partition coefficient (Wildman–Crippen LogP) is 8.30. The van der Waals surface area contributed by atoms with Crippen LogP contribution in [0.3, 0.4) is 0 Å². The number of amides is 4. The Hall–Kier alpha value is -4.85. The van der Waals surface area contributed by atoms with Crippen LogP contribution < -0.4 is 10.6 Å². The van der Waals surface area contributed by atoms with Crippen molar-refractivity contribution < 1.29 is 19.5 Å². The zero-order valence-electron chi connectivity index (χ0n) is 28.2. The number of urea groups is 1. The van der Waals surface area contributed by atoms with Crippen molar-refractivity contribution in [3.05, 3.63) is 119 Å². The van der Waals surface area contributed by atoms with Crippen LogP contribution in [0.15, 0.2) is 97.1 Å². The molecule has 0 bridgehead atoms. The highest BCUT2D eigenvalue weighted by molar-refractivity contribution is 5.86. The SMILES string of the molecule is CC(=O)NCCCCN(Cc1ccc([C@@H](N(Cc2ccccc2)C(=O)O)C(C)(C)C)cc1)C(=O)NC(C)c1cccc2ccccc12. The Bertz CT molecular complexity index is 1630. The summed E-state index contributed by atoms with van der Waals surface area (Å²) in [5, 5.41) is 18.6. The van der Waals surface area contributed by atoms with E-state index in [4.69, 9.17) is 0 Å². The highest BCUT2D eigenvalue weighted by Crippen LogP contribution is 2.39. The lowest BCUT2D eigenvalue weighted by molar-refractivity contribution is -0.118. The molecule has 0 fully saturated rings. The van der Waals surface area contributed by atoms with Gasteiger partial charge in [-0.3, -0.25) is 9.69 Å². The monoisotopic (exact) mass is 636 g/mol. The molecule has 0 aromatic heterocycles. The van der Waals surface area contributed by atoms with Gasteiger partial charge < -0.3 is 20.6 Å². The van der Waals surface area contributed by atoms with Crippen LogP contribution in [0.1, 0.15) is 81.8 Å². The topological polar surface area (TPSA) is 102 Å². The zero-order chi connectivity index (χ0) is 34.0. The van der Waals surface area contributed by atoms with Crippen LogP contribution >= 0.6 is 0 Å². The number of benzene rings is 4. The molecule has 0 saturated heterocycles. The summed E-state index contributed by atoms with van der Waals surface area (Å²) in [6.45, 7) is 11.4. The van der Waals surface area contributed by atoms with Crippen molar-refractivity contribution in [1.82, 2.24) is 20.4 Å². The van der Waals surface area contributed by atoms with E-state index in [1.165, 1.54) is 11.8 Å². The first-order valence-electron chi connectivity index (χ1n) is 16.3. The molecule has 8 nitrogen and oxygen atoms in total. The molecule has 2 atom stereocenters. The molecule has 0 aliphatic heterocycles. The lowest BCUT2D eigenvalue weighted by Crippen LogP contribution is -2.41. The minimum Gasteiger partial charge on any atom is -0.465 e. The molecule has 4 aromatic carbocycles. The number of hydrogen-bond donors (Lipinski definition) is 3. The average molecular weight is 637 g/mol. The fourth-order valence-electron chi connectivity index (χ4n) is 6.15. The van der Waals surface area contributed by atoms with Gasteiger partial charge in [0.2, 0.25) is 5.91 Å². The molecular weight excluding hydrogens is 588 g/mol.